The Hall–Kier alpha value is -1.86. The van der Waals surface area contributed by atoms with E-state index in [2.05, 4.69) is 43.4 Å². The molecule has 2 aliphatic heterocycles. The van der Waals surface area contributed by atoms with Crippen LogP contribution in [0.2, 0.25) is 0 Å². The SMILES string of the molecule is CCc1n[nH]c2ncc(C3CC3)c(N3CCN(C(=O)C[C@@H]4CCCN4)CC3)c12.Cl. The lowest BCUT2D eigenvalue weighted by Gasteiger charge is -2.37. The zero-order chi connectivity index (χ0) is 19.1. The molecule has 5 rings (SSSR count). The van der Waals surface area contributed by atoms with E-state index in [-0.39, 0.29) is 12.4 Å². The number of nitrogens with zero attached hydrogens (tertiary/aromatic N) is 4. The van der Waals surface area contributed by atoms with Crippen LogP contribution in [0, 0.1) is 0 Å². The zero-order valence-electron chi connectivity index (χ0n) is 17.1. The van der Waals surface area contributed by atoms with E-state index >= 15 is 0 Å². The highest BCUT2D eigenvalue weighted by Crippen LogP contribution is 2.46. The summed E-state index contributed by atoms with van der Waals surface area (Å²) in [7, 11) is 0. The largest absolute Gasteiger partial charge is 0.367 e. The fourth-order valence-corrected chi connectivity index (χ4v) is 4.79. The number of carbonyl (C=O) groups is 1. The number of nitrogens with one attached hydrogen (secondary N) is 2. The van der Waals surface area contributed by atoms with E-state index in [1.54, 1.807) is 0 Å². The molecule has 1 saturated carbocycles. The van der Waals surface area contributed by atoms with E-state index < -0.39 is 0 Å². The average Bonchev–Trinajstić information content (AvgIpc) is 3.28. The maximum Gasteiger partial charge on any atom is 0.224 e. The van der Waals surface area contributed by atoms with Gasteiger partial charge in [0.25, 0.3) is 0 Å². The van der Waals surface area contributed by atoms with Crippen LogP contribution in [0.25, 0.3) is 11.0 Å². The molecule has 2 saturated heterocycles. The second-order valence-electron chi connectivity index (χ2n) is 8.45. The highest BCUT2D eigenvalue weighted by atomic mass is 35.5. The quantitative estimate of drug-likeness (QED) is 0.780. The molecule has 2 aromatic heterocycles. The number of aromatic nitrogens is 3. The second kappa shape index (κ2) is 8.48. The number of carbonyl (C=O) groups excluding carboxylic acids is 1. The van der Waals surface area contributed by atoms with Gasteiger partial charge in [0.05, 0.1) is 16.8 Å². The minimum atomic E-state index is 0. The molecule has 29 heavy (non-hydrogen) atoms. The smallest absolute Gasteiger partial charge is 0.224 e. The Bertz CT molecular complexity index is 865. The van der Waals surface area contributed by atoms with Crippen molar-refractivity contribution < 1.29 is 4.79 Å². The van der Waals surface area contributed by atoms with Crippen molar-refractivity contribution in [3.05, 3.63) is 17.5 Å². The molecule has 2 aromatic rings. The van der Waals surface area contributed by atoms with Gasteiger partial charge in [0.2, 0.25) is 5.91 Å². The minimum Gasteiger partial charge on any atom is -0.367 e. The van der Waals surface area contributed by atoms with Gasteiger partial charge < -0.3 is 15.1 Å². The number of hydrogen-bond acceptors (Lipinski definition) is 5. The molecule has 0 spiro atoms. The molecule has 8 heteroatoms. The Morgan fingerprint density at radius 3 is 2.66 bits per heavy atom. The number of rotatable bonds is 5. The normalized spacial score (nSPS) is 22.2. The van der Waals surface area contributed by atoms with Gasteiger partial charge in [0.15, 0.2) is 5.65 Å². The van der Waals surface area contributed by atoms with E-state index in [1.807, 2.05) is 0 Å². The third-order valence-corrected chi connectivity index (χ3v) is 6.55. The van der Waals surface area contributed by atoms with Crippen molar-refractivity contribution in [3.8, 4) is 0 Å². The third kappa shape index (κ3) is 3.94. The molecule has 1 aliphatic carbocycles. The van der Waals surface area contributed by atoms with Crippen molar-refractivity contribution in [1.82, 2.24) is 25.4 Å². The topological polar surface area (TPSA) is 77.2 Å². The summed E-state index contributed by atoms with van der Waals surface area (Å²) in [6.07, 6.45) is 8.43. The molecule has 2 N–H and O–H groups in total. The highest BCUT2D eigenvalue weighted by Gasteiger charge is 2.32. The molecule has 0 radical (unpaired) electrons. The lowest BCUT2D eigenvalue weighted by molar-refractivity contribution is -0.131. The van der Waals surface area contributed by atoms with E-state index in [1.165, 1.54) is 35.9 Å². The number of amides is 1. The summed E-state index contributed by atoms with van der Waals surface area (Å²) < 4.78 is 0. The van der Waals surface area contributed by atoms with Crippen LogP contribution >= 0.6 is 12.4 Å². The number of aryl methyl sites for hydroxylation is 1. The minimum absolute atomic E-state index is 0. The number of hydrogen-bond donors (Lipinski definition) is 2. The second-order valence-corrected chi connectivity index (χ2v) is 8.45. The first-order valence-corrected chi connectivity index (χ1v) is 10.9. The predicted octanol–water partition coefficient (Wildman–Crippen LogP) is 2.61. The van der Waals surface area contributed by atoms with Gasteiger partial charge >= 0.3 is 0 Å². The Labute approximate surface area is 178 Å². The lowest BCUT2D eigenvalue weighted by atomic mass is 10.0. The molecular weight excluding hydrogens is 388 g/mol. The van der Waals surface area contributed by atoms with Crippen LogP contribution in [0.3, 0.4) is 0 Å². The molecule has 3 aliphatic rings. The Morgan fingerprint density at radius 2 is 2.00 bits per heavy atom. The van der Waals surface area contributed by atoms with E-state index in [0.29, 0.717) is 24.3 Å². The molecule has 3 fully saturated rings. The third-order valence-electron chi connectivity index (χ3n) is 6.55. The van der Waals surface area contributed by atoms with Crippen molar-refractivity contribution in [1.29, 1.82) is 0 Å². The number of H-pyrrole nitrogens is 1. The number of aromatic amines is 1. The van der Waals surface area contributed by atoms with Gasteiger partial charge in [0.1, 0.15) is 0 Å². The summed E-state index contributed by atoms with van der Waals surface area (Å²) in [5.74, 6) is 0.943. The summed E-state index contributed by atoms with van der Waals surface area (Å²) in [5.41, 5.74) is 4.69. The first kappa shape index (κ1) is 20.4. The maximum absolute atomic E-state index is 12.7. The zero-order valence-corrected chi connectivity index (χ0v) is 17.9. The van der Waals surface area contributed by atoms with Crippen LogP contribution < -0.4 is 10.2 Å². The number of piperazine rings is 1. The molecule has 0 aromatic carbocycles. The van der Waals surface area contributed by atoms with Gasteiger partial charge in [-0.1, -0.05) is 6.92 Å². The lowest BCUT2D eigenvalue weighted by Crippen LogP contribution is -2.50. The fraction of sp³-hybridized carbons (Fsp3) is 0.667. The van der Waals surface area contributed by atoms with Crippen LogP contribution in [0.15, 0.2) is 6.20 Å². The van der Waals surface area contributed by atoms with E-state index in [9.17, 15) is 4.79 Å². The highest BCUT2D eigenvalue weighted by molar-refractivity contribution is 5.94. The summed E-state index contributed by atoms with van der Waals surface area (Å²) in [6.45, 7) is 6.58. The van der Waals surface area contributed by atoms with E-state index in [4.69, 9.17) is 0 Å². The van der Waals surface area contributed by atoms with Gasteiger partial charge in [0, 0.05) is 44.8 Å². The first-order valence-electron chi connectivity index (χ1n) is 10.9. The molecular formula is C21H31ClN6O. The van der Waals surface area contributed by atoms with Crippen LogP contribution in [0.5, 0.6) is 0 Å². The molecule has 0 bridgehead atoms. The van der Waals surface area contributed by atoms with Gasteiger partial charge in [-0.05, 0) is 50.1 Å². The van der Waals surface area contributed by atoms with Gasteiger partial charge in [-0.15, -0.1) is 12.4 Å². The summed E-state index contributed by atoms with van der Waals surface area (Å²) in [5, 5.41) is 12.3. The van der Waals surface area contributed by atoms with Crippen LogP contribution in [0.1, 0.15) is 56.2 Å². The Balaban J connectivity index is 0.00000205. The molecule has 7 nitrogen and oxygen atoms in total. The molecule has 1 atom stereocenters. The summed E-state index contributed by atoms with van der Waals surface area (Å²) in [6, 6.07) is 0.380. The summed E-state index contributed by atoms with van der Waals surface area (Å²) in [4.78, 5) is 21.9. The van der Waals surface area contributed by atoms with Crippen molar-refractivity contribution in [2.75, 3.05) is 37.6 Å². The van der Waals surface area contributed by atoms with Gasteiger partial charge in [-0.3, -0.25) is 9.89 Å². The number of anilines is 1. The van der Waals surface area contributed by atoms with Crippen LogP contribution in [-0.2, 0) is 11.2 Å². The number of halogens is 1. The molecule has 1 amide bonds. The van der Waals surface area contributed by atoms with Gasteiger partial charge in [-0.25, -0.2) is 4.98 Å². The number of fused-ring (bicyclic) bond motifs is 1. The monoisotopic (exact) mass is 418 g/mol. The summed E-state index contributed by atoms with van der Waals surface area (Å²) >= 11 is 0. The van der Waals surface area contributed by atoms with Crippen molar-refractivity contribution in [3.63, 3.8) is 0 Å². The van der Waals surface area contributed by atoms with E-state index in [0.717, 1.165) is 56.9 Å². The molecule has 0 unspecified atom stereocenters. The molecule has 158 valence electrons. The Morgan fingerprint density at radius 1 is 1.21 bits per heavy atom. The van der Waals surface area contributed by atoms with Crippen LogP contribution in [0.4, 0.5) is 5.69 Å². The van der Waals surface area contributed by atoms with Gasteiger partial charge in [-0.2, -0.15) is 5.10 Å². The maximum atomic E-state index is 12.7. The Kier molecular flexibility index (Phi) is 5.97. The van der Waals surface area contributed by atoms with Crippen LogP contribution in [-0.4, -0.2) is 64.8 Å². The average molecular weight is 419 g/mol. The fourth-order valence-electron chi connectivity index (χ4n) is 4.79. The van der Waals surface area contributed by atoms with Crippen molar-refractivity contribution in [2.45, 2.75) is 57.4 Å². The standard InChI is InChI=1S/C21H30N6O.ClH/c1-2-17-19-20(16(14-5-6-14)13-23-21(19)25-24-17)27-10-8-26(9-11-27)18(28)12-15-4-3-7-22-15;/h13-15,22H,2-12H2,1H3,(H,23,24,25);1H/t15-;/m0./s1. The molecule has 4 heterocycles. The van der Waals surface area contributed by atoms with Crippen molar-refractivity contribution in [2.24, 2.45) is 0 Å². The first-order chi connectivity index (χ1) is 13.7. The predicted molar refractivity (Wildman–Crippen MR) is 117 cm³/mol. The van der Waals surface area contributed by atoms with Crippen molar-refractivity contribution >= 4 is 35.0 Å². The number of pyridine rings is 1.